The lowest BCUT2D eigenvalue weighted by molar-refractivity contribution is -0.147. The number of nitrogens with zero attached hydrogens (tertiary/aromatic N) is 6. The van der Waals surface area contributed by atoms with Crippen LogP contribution in [-0.4, -0.2) is 84.1 Å². The van der Waals surface area contributed by atoms with E-state index in [0.717, 1.165) is 37.4 Å². The van der Waals surface area contributed by atoms with E-state index in [9.17, 15) is 47.1 Å². The minimum atomic E-state index is -0.652. The molecule has 72 heavy (non-hydrogen) atoms. The van der Waals surface area contributed by atoms with Gasteiger partial charge >= 0.3 is 29.4 Å². The number of hydrogen-bond donors (Lipinski definition) is 2. The summed E-state index contributed by atoms with van der Waals surface area (Å²) in [6, 6.07) is 0.973. The van der Waals surface area contributed by atoms with Gasteiger partial charge in [0, 0.05) is 42.2 Å². The van der Waals surface area contributed by atoms with Crippen LogP contribution in [0.5, 0.6) is 0 Å². The highest BCUT2D eigenvalue weighted by Gasteiger charge is 2.36. The zero-order valence-corrected chi connectivity index (χ0v) is 41.7. The Kier molecular flexibility index (Phi) is 15.8. The van der Waals surface area contributed by atoms with Crippen molar-refractivity contribution in [2.75, 3.05) is 14.2 Å². The van der Waals surface area contributed by atoms with Crippen LogP contribution in [0.15, 0.2) is 43.7 Å². The van der Waals surface area contributed by atoms with Crippen molar-refractivity contribution in [2.24, 2.45) is 17.8 Å². The summed E-state index contributed by atoms with van der Waals surface area (Å²) < 4.78 is 48.8. The highest BCUT2D eigenvalue weighted by atomic mass is 19.1. The molecule has 21 heteroatoms. The molecule has 19 nitrogen and oxygen atoms in total. The average Bonchev–Trinajstić information content (AvgIpc) is 4.22. The number of aromatic nitrogens is 6. The van der Waals surface area contributed by atoms with Crippen molar-refractivity contribution in [2.45, 2.75) is 178 Å². The molecule has 4 aromatic rings. The predicted molar refractivity (Wildman–Crippen MR) is 259 cm³/mol. The van der Waals surface area contributed by atoms with Crippen molar-refractivity contribution in [1.29, 1.82) is 0 Å². The molecular formula is C51H66F2N8O11. The summed E-state index contributed by atoms with van der Waals surface area (Å²) in [6.07, 6.45) is 12.5. The summed E-state index contributed by atoms with van der Waals surface area (Å²) in [6.45, 7) is 5.38. The molecule has 4 aromatic heterocycles. The number of esters is 2. The molecule has 4 heterocycles. The Morgan fingerprint density at radius 3 is 1.24 bits per heavy atom. The molecule has 0 aromatic carbocycles. The van der Waals surface area contributed by atoms with Crippen molar-refractivity contribution >= 4 is 46.0 Å². The van der Waals surface area contributed by atoms with E-state index in [2.05, 4.69) is 20.6 Å². The van der Waals surface area contributed by atoms with E-state index in [1.54, 1.807) is 20.8 Å². The van der Waals surface area contributed by atoms with E-state index in [1.165, 1.54) is 32.5 Å². The molecule has 0 radical (unpaired) electrons. The summed E-state index contributed by atoms with van der Waals surface area (Å²) in [4.78, 5) is 111. The van der Waals surface area contributed by atoms with Gasteiger partial charge in [-0.25, -0.2) is 33.1 Å². The standard InChI is InChI=1S/C26H35FN4O6.C25H31FN4O5/c1-26(2,3)37-24(34)29-17-7-11-19(12-8-17)31-22(32)20-13-16(27)14-28-21(20)30(25(31)35)18-9-5-15(6-10-18)23(33)36-4;1-35-24(33)15-4-8-18(9-5-15)29-21-20(12-16(26)13-27-21)23(32)30(25(29)34)19-10-6-17(7-11-19)28-22(31)14-2-3-14/h13-15,17-19H,5-12H2,1-4H3,(H,29,34);12-15,17-19H,2-11H2,1H3,(H,28,31)/t2*15-,17-,18-,19+. The molecule has 5 fully saturated rings. The predicted octanol–water partition coefficient (Wildman–Crippen LogP) is 6.22. The maximum Gasteiger partial charge on any atom is 0.407 e. The molecule has 9 rings (SSSR count). The van der Waals surface area contributed by atoms with E-state index in [-0.39, 0.29) is 93.9 Å². The third kappa shape index (κ3) is 11.5. The van der Waals surface area contributed by atoms with E-state index in [0.29, 0.717) is 103 Å². The van der Waals surface area contributed by atoms with Gasteiger partial charge in [-0.2, -0.15) is 0 Å². The maximum absolute atomic E-state index is 14.1. The Morgan fingerprint density at radius 1 is 0.528 bits per heavy atom. The highest BCUT2D eigenvalue weighted by Crippen LogP contribution is 2.36. The molecule has 0 bridgehead atoms. The second-order valence-electron chi connectivity index (χ2n) is 21.2. The molecule has 5 aliphatic carbocycles. The Morgan fingerprint density at radius 2 is 0.875 bits per heavy atom. The topological polar surface area (TPSA) is 234 Å². The fourth-order valence-corrected chi connectivity index (χ4v) is 11.3. The Balaban J connectivity index is 0.000000193. The fraction of sp³-hybridized carbons (Fsp3) is 0.647. The minimum absolute atomic E-state index is 0.0467. The van der Waals surface area contributed by atoms with Crippen LogP contribution in [0.25, 0.3) is 22.1 Å². The van der Waals surface area contributed by atoms with Gasteiger partial charge in [0.2, 0.25) is 5.91 Å². The van der Waals surface area contributed by atoms with Gasteiger partial charge in [-0.05, 0) is 148 Å². The largest absolute Gasteiger partial charge is 0.469 e. The van der Waals surface area contributed by atoms with Crippen LogP contribution < -0.4 is 33.1 Å². The third-order valence-corrected chi connectivity index (χ3v) is 15.2. The van der Waals surface area contributed by atoms with E-state index < -0.39 is 45.8 Å². The van der Waals surface area contributed by atoms with E-state index in [1.807, 2.05) is 0 Å². The number of pyridine rings is 2. The lowest BCUT2D eigenvalue weighted by atomic mass is 9.86. The lowest BCUT2D eigenvalue weighted by Crippen LogP contribution is -2.47. The van der Waals surface area contributed by atoms with Crippen LogP contribution in [0, 0.1) is 29.4 Å². The van der Waals surface area contributed by atoms with Crippen LogP contribution in [-0.2, 0) is 28.6 Å². The first kappa shape index (κ1) is 52.1. The minimum Gasteiger partial charge on any atom is -0.469 e. The lowest BCUT2D eigenvalue weighted by Gasteiger charge is -2.32. The van der Waals surface area contributed by atoms with Gasteiger partial charge in [0.1, 0.15) is 28.5 Å². The summed E-state index contributed by atoms with van der Waals surface area (Å²) >= 11 is 0. The molecule has 0 saturated heterocycles. The molecule has 2 N–H and O–H groups in total. The van der Waals surface area contributed by atoms with Gasteiger partial charge < -0.3 is 24.8 Å². The van der Waals surface area contributed by atoms with Crippen molar-refractivity contribution in [3.8, 4) is 0 Å². The maximum atomic E-state index is 14.1. The smallest absolute Gasteiger partial charge is 0.407 e. The van der Waals surface area contributed by atoms with Crippen molar-refractivity contribution in [3.63, 3.8) is 0 Å². The van der Waals surface area contributed by atoms with Crippen LogP contribution in [0.4, 0.5) is 13.6 Å². The van der Waals surface area contributed by atoms with Crippen molar-refractivity contribution in [1.82, 2.24) is 38.9 Å². The van der Waals surface area contributed by atoms with E-state index >= 15 is 0 Å². The number of ether oxygens (including phenoxy) is 3. The van der Waals surface area contributed by atoms with Crippen LogP contribution in [0.3, 0.4) is 0 Å². The summed E-state index contributed by atoms with van der Waals surface area (Å²) in [5.74, 6) is -2.01. The zero-order valence-electron chi connectivity index (χ0n) is 41.7. The number of hydrogen-bond acceptors (Lipinski definition) is 13. The van der Waals surface area contributed by atoms with Gasteiger partial charge in [-0.3, -0.25) is 42.2 Å². The van der Waals surface area contributed by atoms with Crippen molar-refractivity contribution < 1.29 is 42.2 Å². The number of methoxy groups -OCH3 is 2. The van der Waals surface area contributed by atoms with Crippen LogP contribution in [0.2, 0.25) is 0 Å². The number of amides is 2. The fourth-order valence-electron chi connectivity index (χ4n) is 11.3. The molecule has 0 unspecified atom stereocenters. The zero-order chi connectivity index (χ0) is 51.6. The monoisotopic (exact) mass is 1000 g/mol. The second kappa shape index (κ2) is 21.8. The number of carbonyl (C=O) groups excluding carboxylic acids is 4. The van der Waals surface area contributed by atoms with Gasteiger partial charge in [0.15, 0.2) is 0 Å². The number of carbonyl (C=O) groups is 4. The van der Waals surface area contributed by atoms with Gasteiger partial charge in [-0.15, -0.1) is 0 Å². The molecular weight excluding hydrogens is 939 g/mol. The molecule has 5 aliphatic rings. The molecule has 2 amide bonds. The quantitative estimate of drug-likeness (QED) is 0.140. The number of rotatable bonds is 9. The molecule has 0 atom stereocenters. The summed E-state index contributed by atoms with van der Waals surface area (Å²) in [7, 11) is 2.73. The Hall–Kier alpha value is -6.28. The molecule has 0 spiro atoms. The number of fused-ring (bicyclic) bond motifs is 2. The highest BCUT2D eigenvalue weighted by molar-refractivity contribution is 5.81. The van der Waals surface area contributed by atoms with Crippen LogP contribution >= 0.6 is 0 Å². The summed E-state index contributed by atoms with van der Waals surface area (Å²) in [5, 5.41) is 6.10. The van der Waals surface area contributed by atoms with Crippen molar-refractivity contribution in [3.05, 3.63) is 77.8 Å². The average molecular weight is 1010 g/mol. The molecule has 390 valence electrons. The van der Waals surface area contributed by atoms with Gasteiger partial charge in [-0.1, -0.05) is 0 Å². The normalized spacial score (nSPS) is 25.7. The second-order valence-corrected chi connectivity index (χ2v) is 21.2. The van der Waals surface area contributed by atoms with E-state index in [4.69, 9.17) is 14.2 Å². The Bertz CT molecular complexity index is 2930. The Labute approximate surface area is 414 Å². The first-order valence-electron chi connectivity index (χ1n) is 25.5. The number of halogens is 2. The summed E-state index contributed by atoms with van der Waals surface area (Å²) in [5.41, 5.74) is -2.25. The van der Waals surface area contributed by atoms with Gasteiger partial charge in [0.25, 0.3) is 11.1 Å². The SMILES string of the molecule is COC(=O)[C@H]1CC[C@H](n2c(=O)n([C@H]3CC[C@@H](NC(=O)C4CC4)CC3)c(=O)c3cc(F)cnc32)CC1.COC(=O)[C@H]1CC[C@H](n2c(=O)n([C@H]3CC[C@@H](NC(=O)OC(C)(C)C)CC3)c(=O)c3cc(F)cnc32)CC1. The third-order valence-electron chi connectivity index (χ3n) is 15.2. The first-order chi connectivity index (χ1) is 34.3. The molecule has 0 aliphatic heterocycles. The first-order valence-corrected chi connectivity index (χ1v) is 25.5. The molecule has 5 saturated carbocycles. The van der Waals surface area contributed by atoms with Crippen LogP contribution in [0.1, 0.15) is 161 Å². The van der Waals surface area contributed by atoms with Gasteiger partial charge in [0.05, 0.1) is 49.2 Å². The number of nitrogens with one attached hydrogen (secondary N) is 2. The number of alkyl carbamates (subject to hydrolysis) is 1.